The second-order valence-electron chi connectivity index (χ2n) is 5.21. The van der Waals surface area contributed by atoms with Crippen LogP contribution in [0.5, 0.6) is 0 Å². The maximum Gasteiger partial charge on any atom is 0.0796 e. The molecule has 1 aliphatic heterocycles. The first-order valence-electron chi connectivity index (χ1n) is 5.82. The molecule has 1 aromatic rings. The molecule has 1 aromatic heterocycles. The highest BCUT2D eigenvalue weighted by Crippen LogP contribution is 2.53. The van der Waals surface area contributed by atoms with Crippen LogP contribution >= 0.6 is 0 Å². The van der Waals surface area contributed by atoms with Gasteiger partial charge in [-0.3, -0.25) is 0 Å². The molecule has 2 aliphatic rings. The molecule has 0 N–H and O–H groups in total. The Morgan fingerprint density at radius 3 is 2.73 bits per heavy atom. The Balaban J connectivity index is 1.59. The lowest BCUT2D eigenvalue weighted by molar-refractivity contribution is -0.0891. The second-order valence-corrected chi connectivity index (χ2v) is 5.21. The van der Waals surface area contributed by atoms with E-state index in [2.05, 4.69) is 33.0 Å². The van der Waals surface area contributed by atoms with Crippen molar-refractivity contribution in [1.82, 2.24) is 19.9 Å². The molecule has 2 heterocycles. The largest absolute Gasteiger partial charge is 0.302 e. The average molecular weight is 206 g/mol. The number of likely N-dealkylation sites (tertiary alicyclic amines) is 1. The fourth-order valence-corrected chi connectivity index (χ4v) is 3.05. The van der Waals surface area contributed by atoms with Crippen molar-refractivity contribution >= 4 is 0 Å². The van der Waals surface area contributed by atoms with Crippen LogP contribution in [0.15, 0.2) is 6.20 Å². The molecule has 0 radical (unpaired) electrons. The number of nitrogens with zero attached hydrogens (tertiary/aromatic N) is 4. The molecule has 3 rings (SSSR count). The lowest BCUT2D eigenvalue weighted by Crippen LogP contribution is -2.62. The minimum atomic E-state index is 0.616. The van der Waals surface area contributed by atoms with Crippen molar-refractivity contribution < 1.29 is 0 Å². The topological polar surface area (TPSA) is 34.0 Å². The van der Waals surface area contributed by atoms with Crippen molar-refractivity contribution in [2.45, 2.75) is 32.7 Å². The van der Waals surface area contributed by atoms with Crippen molar-refractivity contribution in [3.8, 4) is 0 Å². The van der Waals surface area contributed by atoms with Gasteiger partial charge in [-0.05, 0) is 31.7 Å². The monoisotopic (exact) mass is 206 g/mol. The number of rotatable bonds is 2. The van der Waals surface area contributed by atoms with Crippen molar-refractivity contribution in [3.63, 3.8) is 0 Å². The second kappa shape index (κ2) is 3.04. The standard InChI is InChI=1S/C11H18N4/c1-3-14-7-11(8-14)4-10(5-11)15-6-9(2)12-13-15/h6,10H,3-5,7-8H2,1-2H3. The molecular formula is C11H18N4. The summed E-state index contributed by atoms with van der Waals surface area (Å²) in [4.78, 5) is 2.52. The highest BCUT2D eigenvalue weighted by atomic mass is 15.4. The van der Waals surface area contributed by atoms with Crippen LogP contribution in [0.2, 0.25) is 0 Å². The van der Waals surface area contributed by atoms with Gasteiger partial charge in [0.25, 0.3) is 0 Å². The summed E-state index contributed by atoms with van der Waals surface area (Å²) in [5, 5.41) is 8.20. The first-order chi connectivity index (χ1) is 7.21. The Hall–Kier alpha value is -0.900. The Kier molecular flexibility index (Phi) is 1.89. The van der Waals surface area contributed by atoms with E-state index in [0.29, 0.717) is 11.5 Å². The van der Waals surface area contributed by atoms with Crippen LogP contribution in [0.3, 0.4) is 0 Å². The van der Waals surface area contributed by atoms with E-state index < -0.39 is 0 Å². The predicted octanol–water partition coefficient (Wildman–Crippen LogP) is 1.24. The van der Waals surface area contributed by atoms with Gasteiger partial charge in [-0.15, -0.1) is 5.10 Å². The molecule has 15 heavy (non-hydrogen) atoms. The highest BCUT2D eigenvalue weighted by molar-refractivity contribution is 5.06. The molecular weight excluding hydrogens is 188 g/mol. The SMILES string of the molecule is CCN1CC2(CC(n3cc(C)nn3)C2)C1. The van der Waals surface area contributed by atoms with E-state index in [-0.39, 0.29) is 0 Å². The summed E-state index contributed by atoms with van der Waals surface area (Å²) in [5.74, 6) is 0. The molecule has 0 atom stereocenters. The van der Waals surface area contributed by atoms with Crippen LogP contribution in [0.1, 0.15) is 31.5 Å². The van der Waals surface area contributed by atoms with Crippen LogP contribution < -0.4 is 0 Å². The molecule has 1 saturated heterocycles. The van der Waals surface area contributed by atoms with Gasteiger partial charge in [-0.1, -0.05) is 12.1 Å². The van der Waals surface area contributed by atoms with Crippen LogP contribution in [0.4, 0.5) is 0 Å². The van der Waals surface area contributed by atoms with E-state index in [1.54, 1.807) is 0 Å². The third-order valence-corrected chi connectivity index (χ3v) is 3.90. The molecule has 82 valence electrons. The molecule has 1 saturated carbocycles. The van der Waals surface area contributed by atoms with E-state index in [1.165, 1.54) is 32.5 Å². The van der Waals surface area contributed by atoms with E-state index >= 15 is 0 Å². The molecule has 0 aromatic carbocycles. The van der Waals surface area contributed by atoms with Gasteiger partial charge in [0.15, 0.2) is 0 Å². The van der Waals surface area contributed by atoms with Gasteiger partial charge in [0.05, 0.1) is 11.7 Å². The Bertz CT molecular complexity index is 356. The zero-order valence-electron chi connectivity index (χ0n) is 9.48. The maximum absolute atomic E-state index is 4.15. The zero-order chi connectivity index (χ0) is 10.5. The normalized spacial score (nSPS) is 25.2. The van der Waals surface area contributed by atoms with Gasteiger partial charge in [0, 0.05) is 19.3 Å². The average Bonchev–Trinajstić information content (AvgIpc) is 2.47. The number of aromatic nitrogens is 3. The Morgan fingerprint density at radius 1 is 1.47 bits per heavy atom. The zero-order valence-corrected chi connectivity index (χ0v) is 9.48. The summed E-state index contributed by atoms with van der Waals surface area (Å²) in [5.41, 5.74) is 1.67. The third-order valence-electron chi connectivity index (χ3n) is 3.90. The fourth-order valence-electron chi connectivity index (χ4n) is 3.05. The van der Waals surface area contributed by atoms with E-state index in [4.69, 9.17) is 0 Å². The van der Waals surface area contributed by atoms with Crippen LogP contribution in [-0.2, 0) is 0 Å². The van der Waals surface area contributed by atoms with Crippen molar-refractivity contribution in [2.75, 3.05) is 19.6 Å². The van der Waals surface area contributed by atoms with E-state index in [9.17, 15) is 0 Å². The quantitative estimate of drug-likeness (QED) is 0.730. The number of aryl methyl sites for hydroxylation is 1. The molecule has 4 heteroatoms. The van der Waals surface area contributed by atoms with Gasteiger partial charge in [-0.2, -0.15) is 0 Å². The maximum atomic E-state index is 4.15. The lowest BCUT2D eigenvalue weighted by Gasteiger charge is -2.58. The third kappa shape index (κ3) is 1.39. The Morgan fingerprint density at radius 2 is 2.20 bits per heavy atom. The molecule has 1 aliphatic carbocycles. The van der Waals surface area contributed by atoms with Crippen molar-refractivity contribution in [3.05, 3.63) is 11.9 Å². The van der Waals surface area contributed by atoms with Gasteiger partial charge >= 0.3 is 0 Å². The summed E-state index contributed by atoms with van der Waals surface area (Å²) in [7, 11) is 0. The molecule has 2 fully saturated rings. The Labute approximate surface area is 90.3 Å². The van der Waals surface area contributed by atoms with Crippen LogP contribution in [0, 0.1) is 12.3 Å². The van der Waals surface area contributed by atoms with Crippen LogP contribution in [0.25, 0.3) is 0 Å². The minimum Gasteiger partial charge on any atom is -0.302 e. The molecule has 0 unspecified atom stereocenters. The smallest absolute Gasteiger partial charge is 0.0796 e. The summed E-state index contributed by atoms with van der Waals surface area (Å²) in [6.45, 7) is 8.04. The van der Waals surface area contributed by atoms with Gasteiger partial charge < -0.3 is 4.90 Å². The first kappa shape index (κ1) is 9.33. The van der Waals surface area contributed by atoms with Crippen LogP contribution in [-0.4, -0.2) is 39.5 Å². The summed E-state index contributed by atoms with van der Waals surface area (Å²) in [6, 6.07) is 0.616. The van der Waals surface area contributed by atoms with Crippen molar-refractivity contribution in [2.24, 2.45) is 5.41 Å². The predicted molar refractivity (Wildman–Crippen MR) is 57.6 cm³/mol. The van der Waals surface area contributed by atoms with Crippen molar-refractivity contribution in [1.29, 1.82) is 0 Å². The fraction of sp³-hybridized carbons (Fsp3) is 0.818. The summed E-state index contributed by atoms with van der Waals surface area (Å²) in [6.07, 6.45) is 4.66. The van der Waals surface area contributed by atoms with Gasteiger partial charge in [0.1, 0.15) is 0 Å². The van der Waals surface area contributed by atoms with Gasteiger partial charge in [-0.25, -0.2) is 4.68 Å². The minimum absolute atomic E-state index is 0.616. The molecule has 0 bridgehead atoms. The van der Waals surface area contributed by atoms with E-state index in [1.807, 2.05) is 6.92 Å². The summed E-state index contributed by atoms with van der Waals surface area (Å²) < 4.78 is 2.05. The number of hydrogen-bond donors (Lipinski definition) is 0. The number of hydrogen-bond acceptors (Lipinski definition) is 3. The molecule has 0 amide bonds. The summed E-state index contributed by atoms with van der Waals surface area (Å²) >= 11 is 0. The first-order valence-corrected chi connectivity index (χ1v) is 5.82. The lowest BCUT2D eigenvalue weighted by atomic mass is 9.60. The molecule has 1 spiro atoms. The molecule has 4 nitrogen and oxygen atoms in total. The van der Waals surface area contributed by atoms with E-state index in [0.717, 1.165) is 5.69 Å². The highest BCUT2D eigenvalue weighted by Gasteiger charge is 2.52. The van der Waals surface area contributed by atoms with Gasteiger partial charge in [0.2, 0.25) is 0 Å².